The van der Waals surface area contributed by atoms with Crippen molar-refractivity contribution < 1.29 is 9.59 Å². The molecule has 6 nitrogen and oxygen atoms in total. The van der Waals surface area contributed by atoms with Crippen LogP contribution in [0.2, 0.25) is 0 Å². The maximum atomic E-state index is 12.6. The third kappa shape index (κ3) is 4.00. The van der Waals surface area contributed by atoms with Gasteiger partial charge in [-0.05, 0) is 17.7 Å². The first-order valence-electron chi connectivity index (χ1n) is 9.03. The minimum atomic E-state index is -0.167. The molecule has 1 atom stereocenters. The van der Waals surface area contributed by atoms with Crippen molar-refractivity contribution in [3.63, 3.8) is 0 Å². The van der Waals surface area contributed by atoms with Crippen LogP contribution in [0.25, 0.3) is 0 Å². The molecule has 2 amide bonds. The number of carbonyl (C=O) groups excluding carboxylic acids is 2. The van der Waals surface area contributed by atoms with Crippen LogP contribution in [-0.4, -0.2) is 71.3 Å². The first-order valence-corrected chi connectivity index (χ1v) is 9.03. The standard InChI is InChI=1S/C19H28N4O2/c1-15(2)18(25)23-9-8-22(11-16-4-6-20-7-5-16)13-19(14-23)10-17(24)21(3)12-19/h4-7,15H,8-14H2,1-3H3/t19-/m1/s1. The summed E-state index contributed by atoms with van der Waals surface area (Å²) in [7, 11) is 1.86. The molecule has 1 spiro atoms. The monoisotopic (exact) mass is 344 g/mol. The summed E-state index contributed by atoms with van der Waals surface area (Å²) in [5.41, 5.74) is 1.05. The molecule has 2 aliphatic heterocycles. The summed E-state index contributed by atoms with van der Waals surface area (Å²) in [5, 5.41) is 0. The second-order valence-electron chi connectivity index (χ2n) is 7.91. The van der Waals surface area contributed by atoms with Crippen LogP contribution >= 0.6 is 0 Å². The van der Waals surface area contributed by atoms with Gasteiger partial charge in [-0.2, -0.15) is 0 Å². The van der Waals surface area contributed by atoms with Crippen LogP contribution in [0.1, 0.15) is 25.8 Å². The van der Waals surface area contributed by atoms with Gasteiger partial charge in [0.05, 0.1) is 0 Å². The van der Waals surface area contributed by atoms with Gasteiger partial charge in [0.25, 0.3) is 0 Å². The number of amides is 2. The number of hydrogen-bond donors (Lipinski definition) is 0. The van der Waals surface area contributed by atoms with Crippen molar-refractivity contribution in [2.75, 3.05) is 39.8 Å². The molecule has 0 N–H and O–H groups in total. The van der Waals surface area contributed by atoms with Gasteiger partial charge in [0, 0.05) is 76.5 Å². The van der Waals surface area contributed by atoms with E-state index >= 15 is 0 Å². The quantitative estimate of drug-likeness (QED) is 0.828. The first kappa shape index (κ1) is 17.9. The van der Waals surface area contributed by atoms with E-state index in [9.17, 15) is 9.59 Å². The van der Waals surface area contributed by atoms with Gasteiger partial charge >= 0.3 is 0 Å². The van der Waals surface area contributed by atoms with Crippen LogP contribution < -0.4 is 0 Å². The topological polar surface area (TPSA) is 56.8 Å². The molecule has 136 valence electrons. The zero-order valence-corrected chi connectivity index (χ0v) is 15.4. The van der Waals surface area contributed by atoms with E-state index in [4.69, 9.17) is 0 Å². The summed E-state index contributed by atoms with van der Waals surface area (Å²) in [6, 6.07) is 4.06. The molecule has 0 bridgehead atoms. The average molecular weight is 344 g/mol. The lowest BCUT2D eigenvalue weighted by Gasteiger charge is -2.34. The molecule has 0 radical (unpaired) electrons. The van der Waals surface area contributed by atoms with Crippen LogP contribution in [0, 0.1) is 11.3 Å². The van der Waals surface area contributed by atoms with E-state index in [1.807, 2.05) is 55.2 Å². The second-order valence-corrected chi connectivity index (χ2v) is 7.91. The smallest absolute Gasteiger partial charge is 0.225 e. The van der Waals surface area contributed by atoms with Crippen LogP contribution in [0.3, 0.4) is 0 Å². The predicted octanol–water partition coefficient (Wildman–Crippen LogP) is 1.23. The van der Waals surface area contributed by atoms with Gasteiger partial charge in [-0.25, -0.2) is 0 Å². The number of nitrogens with zero attached hydrogens (tertiary/aromatic N) is 4. The molecule has 0 saturated carbocycles. The fourth-order valence-corrected chi connectivity index (χ4v) is 4.10. The van der Waals surface area contributed by atoms with E-state index in [-0.39, 0.29) is 23.1 Å². The van der Waals surface area contributed by atoms with Gasteiger partial charge in [0.1, 0.15) is 0 Å². The molecule has 1 aromatic rings. The zero-order chi connectivity index (χ0) is 18.0. The Morgan fingerprint density at radius 2 is 1.92 bits per heavy atom. The molecule has 3 rings (SSSR count). The number of carbonyl (C=O) groups is 2. The minimum absolute atomic E-state index is 0.0152. The summed E-state index contributed by atoms with van der Waals surface area (Å²) < 4.78 is 0. The number of hydrogen-bond acceptors (Lipinski definition) is 4. The summed E-state index contributed by atoms with van der Waals surface area (Å²) in [4.78, 5) is 35.1. The Morgan fingerprint density at radius 3 is 2.52 bits per heavy atom. The van der Waals surface area contributed by atoms with Crippen molar-refractivity contribution in [1.29, 1.82) is 0 Å². The maximum absolute atomic E-state index is 12.6. The molecular weight excluding hydrogens is 316 g/mol. The van der Waals surface area contributed by atoms with Crippen molar-refractivity contribution in [2.24, 2.45) is 11.3 Å². The third-order valence-corrected chi connectivity index (χ3v) is 5.26. The molecule has 0 aliphatic carbocycles. The molecule has 0 unspecified atom stereocenters. The Labute approximate surface area is 149 Å². The summed E-state index contributed by atoms with van der Waals surface area (Å²) in [6.45, 7) is 8.51. The van der Waals surface area contributed by atoms with E-state index in [0.717, 1.165) is 32.7 Å². The highest BCUT2D eigenvalue weighted by molar-refractivity contribution is 5.80. The van der Waals surface area contributed by atoms with Crippen molar-refractivity contribution in [3.05, 3.63) is 30.1 Å². The molecule has 1 aromatic heterocycles. The number of rotatable bonds is 3. The lowest BCUT2D eigenvalue weighted by molar-refractivity contribution is -0.135. The largest absolute Gasteiger partial charge is 0.345 e. The van der Waals surface area contributed by atoms with Crippen LogP contribution in [0.4, 0.5) is 0 Å². The Hall–Kier alpha value is -1.95. The van der Waals surface area contributed by atoms with Crippen LogP contribution in [0.15, 0.2) is 24.5 Å². The fraction of sp³-hybridized carbons (Fsp3) is 0.632. The highest BCUT2D eigenvalue weighted by Crippen LogP contribution is 2.35. The molecule has 6 heteroatoms. The van der Waals surface area contributed by atoms with Gasteiger partial charge in [-0.3, -0.25) is 19.5 Å². The van der Waals surface area contributed by atoms with Gasteiger partial charge in [-0.15, -0.1) is 0 Å². The number of likely N-dealkylation sites (tertiary alicyclic amines) is 1. The highest BCUT2D eigenvalue weighted by atomic mass is 16.2. The molecule has 0 aromatic carbocycles. The Morgan fingerprint density at radius 1 is 1.20 bits per heavy atom. The average Bonchev–Trinajstić information content (AvgIpc) is 2.74. The predicted molar refractivity (Wildman–Crippen MR) is 95.6 cm³/mol. The first-order chi connectivity index (χ1) is 11.9. The lowest BCUT2D eigenvalue weighted by atomic mass is 9.85. The molecule has 3 heterocycles. The third-order valence-electron chi connectivity index (χ3n) is 5.26. The summed E-state index contributed by atoms with van der Waals surface area (Å²) in [6.07, 6.45) is 4.15. The fourth-order valence-electron chi connectivity index (χ4n) is 4.10. The van der Waals surface area contributed by atoms with Crippen molar-refractivity contribution in [3.8, 4) is 0 Å². The van der Waals surface area contributed by atoms with Gasteiger partial charge < -0.3 is 9.80 Å². The molecule has 25 heavy (non-hydrogen) atoms. The molecule has 2 saturated heterocycles. The van der Waals surface area contributed by atoms with Crippen LogP contribution in [-0.2, 0) is 16.1 Å². The molecule has 2 aliphatic rings. The Bertz CT molecular complexity index is 634. The van der Waals surface area contributed by atoms with Gasteiger partial charge in [-0.1, -0.05) is 13.8 Å². The normalized spacial score (nSPS) is 25.0. The zero-order valence-electron chi connectivity index (χ0n) is 15.4. The van der Waals surface area contributed by atoms with Gasteiger partial charge in [0.2, 0.25) is 11.8 Å². The number of aromatic nitrogens is 1. The van der Waals surface area contributed by atoms with Crippen LogP contribution in [0.5, 0.6) is 0 Å². The van der Waals surface area contributed by atoms with E-state index in [2.05, 4.69) is 9.88 Å². The van der Waals surface area contributed by atoms with Crippen molar-refractivity contribution in [2.45, 2.75) is 26.8 Å². The Balaban J connectivity index is 1.81. The lowest BCUT2D eigenvalue weighted by Crippen LogP contribution is -2.45. The van der Waals surface area contributed by atoms with E-state index in [1.54, 1.807) is 0 Å². The highest BCUT2D eigenvalue weighted by Gasteiger charge is 2.46. The second kappa shape index (κ2) is 7.12. The Kier molecular flexibility index (Phi) is 5.08. The van der Waals surface area contributed by atoms with E-state index < -0.39 is 0 Å². The van der Waals surface area contributed by atoms with E-state index in [1.165, 1.54) is 5.56 Å². The number of pyridine rings is 1. The van der Waals surface area contributed by atoms with Crippen molar-refractivity contribution >= 4 is 11.8 Å². The molecular formula is C19H28N4O2. The van der Waals surface area contributed by atoms with Gasteiger partial charge in [0.15, 0.2) is 0 Å². The van der Waals surface area contributed by atoms with E-state index in [0.29, 0.717) is 13.0 Å². The van der Waals surface area contributed by atoms with Crippen molar-refractivity contribution in [1.82, 2.24) is 19.7 Å². The molecule has 2 fully saturated rings. The minimum Gasteiger partial charge on any atom is -0.345 e. The summed E-state index contributed by atoms with van der Waals surface area (Å²) in [5.74, 6) is 0.355. The maximum Gasteiger partial charge on any atom is 0.225 e. The SMILES string of the molecule is CC(C)C(=O)N1CCN(Cc2ccncc2)C[C@]2(CC(=O)N(C)C2)C1. The summed E-state index contributed by atoms with van der Waals surface area (Å²) >= 11 is 0.